The maximum absolute atomic E-state index is 12.6. The van der Waals surface area contributed by atoms with Crippen molar-refractivity contribution in [3.63, 3.8) is 0 Å². The number of nitrogens with zero attached hydrogens (tertiary/aromatic N) is 4. The second-order valence-electron chi connectivity index (χ2n) is 6.05. The first-order valence-electron chi connectivity index (χ1n) is 7.83. The standard InChI is InChI=1S/C15H20N4O2S/c20-22(21,17-8-3-4-9-17)18-10-7-13(11-18)19-12-16-14-5-1-2-6-15(14)19/h1-2,5-6,12-13H,3-4,7-11H2/t13-/m0/s1. The summed E-state index contributed by atoms with van der Waals surface area (Å²) in [6, 6.07) is 8.16. The van der Waals surface area contributed by atoms with Crippen LogP contribution in [0.3, 0.4) is 0 Å². The number of imidazole rings is 1. The summed E-state index contributed by atoms with van der Waals surface area (Å²) < 4.78 is 30.7. The Kier molecular flexibility index (Phi) is 3.43. The van der Waals surface area contributed by atoms with Gasteiger partial charge >= 0.3 is 0 Å². The second kappa shape index (κ2) is 5.33. The number of para-hydroxylation sites is 2. The maximum atomic E-state index is 12.6. The molecular formula is C15H20N4O2S. The molecule has 0 N–H and O–H groups in total. The van der Waals surface area contributed by atoms with Crippen LogP contribution in [0.4, 0.5) is 0 Å². The average Bonchev–Trinajstić information content (AvgIpc) is 3.26. The largest absolute Gasteiger partial charge is 0.326 e. The molecule has 0 bridgehead atoms. The van der Waals surface area contributed by atoms with E-state index < -0.39 is 10.2 Å². The predicted octanol–water partition coefficient (Wildman–Crippen LogP) is 1.62. The molecule has 4 rings (SSSR count). The van der Waals surface area contributed by atoms with Crippen LogP contribution in [0.15, 0.2) is 30.6 Å². The third kappa shape index (κ3) is 2.24. The van der Waals surface area contributed by atoms with Crippen molar-refractivity contribution >= 4 is 21.2 Å². The van der Waals surface area contributed by atoms with E-state index in [-0.39, 0.29) is 6.04 Å². The van der Waals surface area contributed by atoms with Gasteiger partial charge in [0.2, 0.25) is 0 Å². The van der Waals surface area contributed by atoms with Crippen molar-refractivity contribution < 1.29 is 8.42 Å². The molecule has 0 unspecified atom stereocenters. The molecule has 2 fully saturated rings. The monoisotopic (exact) mass is 320 g/mol. The minimum absolute atomic E-state index is 0.171. The normalized spacial score (nSPS) is 24.5. The van der Waals surface area contributed by atoms with Gasteiger partial charge in [0.25, 0.3) is 10.2 Å². The molecule has 1 atom stereocenters. The van der Waals surface area contributed by atoms with E-state index in [1.807, 2.05) is 30.6 Å². The zero-order valence-electron chi connectivity index (χ0n) is 12.4. The van der Waals surface area contributed by atoms with Gasteiger partial charge in [-0.1, -0.05) is 12.1 Å². The lowest BCUT2D eigenvalue weighted by Gasteiger charge is -2.23. The van der Waals surface area contributed by atoms with Crippen LogP contribution in [0.1, 0.15) is 25.3 Å². The fourth-order valence-electron chi connectivity index (χ4n) is 3.50. The van der Waals surface area contributed by atoms with Gasteiger partial charge < -0.3 is 4.57 Å². The minimum atomic E-state index is -3.28. The van der Waals surface area contributed by atoms with E-state index in [4.69, 9.17) is 0 Å². The minimum Gasteiger partial charge on any atom is -0.326 e. The molecule has 0 spiro atoms. The van der Waals surface area contributed by atoms with Crippen LogP contribution in [0.5, 0.6) is 0 Å². The Bertz CT molecular complexity index is 780. The van der Waals surface area contributed by atoms with Gasteiger partial charge in [0.1, 0.15) is 0 Å². The molecule has 3 heterocycles. The van der Waals surface area contributed by atoms with Gasteiger partial charge in [0, 0.05) is 26.2 Å². The third-order valence-electron chi connectivity index (χ3n) is 4.72. The molecule has 118 valence electrons. The van der Waals surface area contributed by atoms with E-state index in [1.165, 1.54) is 0 Å². The molecule has 22 heavy (non-hydrogen) atoms. The maximum Gasteiger partial charge on any atom is 0.282 e. The summed E-state index contributed by atoms with van der Waals surface area (Å²) in [5.41, 5.74) is 2.04. The van der Waals surface area contributed by atoms with Gasteiger partial charge in [0.15, 0.2) is 0 Å². The topological polar surface area (TPSA) is 58.4 Å². The van der Waals surface area contributed by atoms with Crippen LogP contribution in [0.25, 0.3) is 11.0 Å². The van der Waals surface area contributed by atoms with Crippen molar-refractivity contribution in [3.8, 4) is 0 Å². The molecule has 7 heteroatoms. The van der Waals surface area contributed by atoms with Gasteiger partial charge in [-0.05, 0) is 31.4 Å². The zero-order chi connectivity index (χ0) is 15.2. The molecule has 0 aliphatic carbocycles. The highest BCUT2D eigenvalue weighted by Gasteiger charge is 2.37. The Labute approximate surface area is 130 Å². The lowest BCUT2D eigenvalue weighted by molar-refractivity contribution is 0.389. The van der Waals surface area contributed by atoms with Crippen LogP contribution in [-0.2, 0) is 10.2 Å². The van der Waals surface area contributed by atoms with Crippen molar-refractivity contribution in [2.75, 3.05) is 26.2 Å². The van der Waals surface area contributed by atoms with E-state index in [0.717, 1.165) is 30.3 Å². The zero-order valence-corrected chi connectivity index (χ0v) is 13.2. The van der Waals surface area contributed by atoms with Crippen LogP contribution in [0.2, 0.25) is 0 Å². The summed E-state index contributed by atoms with van der Waals surface area (Å²) in [4.78, 5) is 4.41. The summed E-state index contributed by atoms with van der Waals surface area (Å²) in [5.74, 6) is 0. The van der Waals surface area contributed by atoms with E-state index in [0.29, 0.717) is 26.2 Å². The van der Waals surface area contributed by atoms with Gasteiger partial charge in [-0.3, -0.25) is 0 Å². The molecule has 6 nitrogen and oxygen atoms in total. The van der Waals surface area contributed by atoms with Crippen molar-refractivity contribution in [2.45, 2.75) is 25.3 Å². The second-order valence-corrected chi connectivity index (χ2v) is 7.98. The Balaban J connectivity index is 1.57. The third-order valence-corrected chi connectivity index (χ3v) is 6.72. The van der Waals surface area contributed by atoms with Gasteiger partial charge in [-0.25, -0.2) is 4.98 Å². The van der Waals surface area contributed by atoms with Crippen LogP contribution in [0, 0.1) is 0 Å². The molecule has 1 aromatic carbocycles. The predicted molar refractivity (Wildman–Crippen MR) is 84.7 cm³/mol. The van der Waals surface area contributed by atoms with Crippen LogP contribution < -0.4 is 0 Å². The Morgan fingerprint density at radius 1 is 1.05 bits per heavy atom. The van der Waals surface area contributed by atoms with E-state index >= 15 is 0 Å². The number of fused-ring (bicyclic) bond motifs is 1. The van der Waals surface area contributed by atoms with Gasteiger partial charge in [-0.15, -0.1) is 0 Å². The summed E-state index contributed by atoms with van der Waals surface area (Å²) in [6.45, 7) is 2.46. The fourth-order valence-corrected chi connectivity index (χ4v) is 5.24. The molecule has 0 amide bonds. The van der Waals surface area contributed by atoms with E-state index in [9.17, 15) is 8.42 Å². The fraction of sp³-hybridized carbons (Fsp3) is 0.533. The average molecular weight is 320 g/mol. The number of hydrogen-bond acceptors (Lipinski definition) is 3. The Morgan fingerprint density at radius 2 is 1.82 bits per heavy atom. The van der Waals surface area contributed by atoms with Crippen molar-refractivity contribution in [1.29, 1.82) is 0 Å². The Morgan fingerprint density at radius 3 is 2.64 bits per heavy atom. The first-order valence-corrected chi connectivity index (χ1v) is 9.23. The first kappa shape index (κ1) is 14.2. The molecule has 0 saturated carbocycles. The molecule has 0 radical (unpaired) electrons. The summed E-state index contributed by atoms with van der Waals surface area (Å²) in [7, 11) is -3.28. The number of benzene rings is 1. The highest BCUT2D eigenvalue weighted by atomic mass is 32.2. The van der Waals surface area contributed by atoms with Crippen LogP contribution in [-0.4, -0.2) is 52.8 Å². The lowest BCUT2D eigenvalue weighted by atomic mass is 10.2. The molecule has 2 aliphatic heterocycles. The van der Waals surface area contributed by atoms with Crippen molar-refractivity contribution in [3.05, 3.63) is 30.6 Å². The first-order chi connectivity index (χ1) is 10.7. The molecular weight excluding hydrogens is 300 g/mol. The number of aromatic nitrogens is 2. The molecule has 2 aliphatic rings. The van der Waals surface area contributed by atoms with Gasteiger partial charge in [0.05, 0.1) is 23.4 Å². The Hall–Kier alpha value is -1.44. The summed E-state index contributed by atoms with van der Waals surface area (Å²) >= 11 is 0. The molecule has 2 aromatic rings. The smallest absolute Gasteiger partial charge is 0.282 e. The SMILES string of the molecule is O=S(=O)(N1CCCC1)N1CC[C@H](n2cnc3ccccc32)C1. The number of hydrogen-bond donors (Lipinski definition) is 0. The van der Waals surface area contributed by atoms with Crippen molar-refractivity contribution in [1.82, 2.24) is 18.2 Å². The number of rotatable bonds is 3. The highest BCUT2D eigenvalue weighted by Crippen LogP contribution is 2.29. The van der Waals surface area contributed by atoms with E-state index in [1.54, 1.807) is 8.61 Å². The summed E-state index contributed by atoms with van der Waals surface area (Å²) in [6.07, 6.45) is 4.63. The lowest BCUT2D eigenvalue weighted by Crippen LogP contribution is -2.41. The molecule has 2 saturated heterocycles. The highest BCUT2D eigenvalue weighted by molar-refractivity contribution is 7.86. The van der Waals surface area contributed by atoms with Crippen molar-refractivity contribution in [2.24, 2.45) is 0 Å². The van der Waals surface area contributed by atoms with Gasteiger partial charge in [-0.2, -0.15) is 17.0 Å². The summed E-state index contributed by atoms with van der Waals surface area (Å²) in [5, 5.41) is 0. The van der Waals surface area contributed by atoms with E-state index in [2.05, 4.69) is 9.55 Å². The molecule has 1 aromatic heterocycles. The quantitative estimate of drug-likeness (QED) is 0.863. The van der Waals surface area contributed by atoms with Crippen LogP contribution >= 0.6 is 0 Å².